The number of halogens is 1. The predicted octanol–water partition coefficient (Wildman–Crippen LogP) is 5.82. The van der Waals surface area contributed by atoms with Crippen molar-refractivity contribution in [3.63, 3.8) is 0 Å². The molecule has 172 valence electrons. The Balaban J connectivity index is 2.29. The lowest BCUT2D eigenvalue weighted by atomic mass is 9.85. The topological polar surface area (TPSA) is 60.7 Å². The fraction of sp³-hybridized carbons (Fsp3) is 0.556. The van der Waals surface area contributed by atoms with Crippen molar-refractivity contribution >= 4 is 11.6 Å². The lowest BCUT2D eigenvalue weighted by molar-refractivity contribution is 0.0390. The van der Waals surface area contributed by atoms with E-state index in [1.807, 2.05) is 0 Å². The van der Waals surface area contributed by atoms with Crippen LogP contribution in [0, 0.1) is 0 Å². The van der Waals surface area contributed by atoms with Crippen LogP contribution in [0.25, 0.3) is 0 Å². The van der Waals surface area contributed by atoms with E-state index < -0.39 is 12.2 Å². The predicted molar refractivity (Wildman–Crippen MR) is 130 cm³/mol. The minimum absolute atomic E-state index is 0.197. The van der Waals surface area contributed by atoms with E-state index in [0.29, 0.717) is 12.3 Å². The average molecular weight is 447 g/mol. The molecule has 0 aliphatic heterocycles. The smallest absolute Gasteiger partial charge is 0.0795 e. The van der Waals surface area contributed by atoms with Gasteiger partial charge >= 0.3 is 0 Å². The summed E-state index contributed by atoms with van der Waals surface area (Å²) in [6.07, 6.45) is 5.08. The van der Waals surface area contributed by atoms with Gasteiger partial charge in [0, 0.05) is 11.4 Å². The Morgan fingerprint density at radius 2 is 1.55 bits per heavy atom. The molecule has 3 atom stereocenters. The van der Waals surface area contributed by atoms with Gasteiger partial charge in [-0.05, 0) is 78.3 Å². The van der Waals surface area contributed by atoms with Gasteiger partial charge in [-0.1, -0.05) is 69.1 Å². The summed E-state index contributed by atoms with van der Waals surface area (Å²) < 4.78 is 0. The van der Waals surface area contributed by atoms with Gasteiger partial charge < -0.3 is 15.3 Å². The summed E-state index contributed by atoms with van der Waals surface area (Å²) in [6, 6.07) is 13.1. The average Bonchev–Trinajstić information content (AvgIpc) is 2.78. The van der Waals surface area contributed by atoms with Crippen LogP contribution in [-0.2, 0) is 19.3 Å². The summed E-state index contributed by atoms with van der Waals surface area (Å²) in [4.78, 5) is 0. The monoisotopic (exact) mass is 446 g/mol. The third kappa shape index (κ3) is 7.91. The third-order valence-corrected chi connectivity index (χ3v) is 6.56. The van der Waals surface area contributed by atoms with Crippen LogP contribution in [0.3, 0.4) is 0 Å². The van der Waals surface area contributed by atoms with Gasteiger partial charge in [-0.15, -0.1) is 0 Å². The first kappa shape index (κ1) is 25.9. The van der Waals surface area contributed by atoms with Crippen molar-refractivity contribution in [1.29, 1.82) is 0 Å². The first-order valence-corrected chi connectivity index (χ1v) is 12.1. The molecule has 0 bridgehead atoms. The molecule has 0 saturated carbocycles. The van der Waals surface area contributed by atoms with E-state index in [0.717, 1.165) is 49.1 Å². The molecule has 0 fully saturated rings. The molecule has 0 spiro atoms. The van der Waals surface area contributed by atoms with Gasteiger partial charge in [-0.2, -0.15) is 0 Å². The van der Waals surface area contributed by atoms with E-state index in [1.54, 1.807) is 0 Å². The molecular weight excluding hydrogens is 408 g/mol. The van der Waals surface area contributed by atoms with Crippen LogP contribution >= 0.6 is 11.6 Å². The number of aliphatic hydroxyl groups excluding tert-OH is 3. The maximum Gasteiger partial charge on any atom is 0.0795 e. The second kappa shape index (κ2) is 13.2. The molecule has 0 radical (unpaired) electrons. The fourth-order valence-electron chi connectivity index (χ4n) is 4.29. The van der Waals surface area contributed by atoms with Gasteiger partial charge in [0.25, 0.3) is 0 Å². The SMILES string of the molecule is CCCC(CC)c1cc(Cl)c(Cc2ccc(CC)cc2)cc1CC[C@@H](O)CC(O)CO. The van der Waals surface area contributed by atoms with E-state index in [1.165, 1.54) is 22.3 Å². The summed E-state index contributed by atoms with van der Waals surface area (Å²) in [5.74, 6) is 0.454. The molecular formula is C27H39ClO3. The Labute approximate surface area is 193 Å². The maximum atomic E-state index is 10.3. The standard InChI is InChI=1S/C27H39ClO3/c1-4-7-21(6-3)26-17-27(28)23(14-20-10-8-19(5-2)9-11-20)15-22(26)12-13-24(30)16-25(31)18-29/h8-11,15,17,21,24-25,29-31H,4-7,12-14,16,18H2,1-3H3/t21?,24-,25?/m1/s1. The minimum atomic E-state index is -0.871. The molecule has 0 aliphatic rings. The molecule has 4 heteroatoms. The molecule has 2 unspecified atom stereocenters. The van der Waals surface area contributed by atoms with Gasteiger partial charge in [0.15, 0.2) is 0 Å². The normalized spacial score (nSPS) is 14.4. The van der Waals surface area contributed by atoms with Gasteiger partial charge in [-0.25, -0.2) is 0 Å². The van der Waals surface area contributed by atoms with Gasteiger partial charge in [-0.3, -0.25) is 0 Å². The van der Waals surface area contributed by atoms with Crippen molar-refractivity contribution in [3.8, 4) is 0 Å². The molecule has 2 rings (SSSR count). The molecule has 31 heavy (non-hydrogen) atoms. The van der Waals surface area contributed by atoms with E-state index in [-0.39, 0.29) is 13.0 Å². The molecule has 0 amide bonds. The van der Waals surface area contributed by atoms with Gasteiger partial charge in [0.05, 0.1) is 18.8 Å². The minimum Gasteiger partial charge on any atom is -0.394 e. The van der Waals surface area contributed by atoms with E-state index >= 15 is 0 Å². The van der Waals surface area contributed by atoms with E-state index in [9.17, 15) is 10.2 Å². The molecule has 2 aromatic carbocycles. The van der Waals surface area contributed by atoms with Crippen molar-refractivity contribution in [2.75, 3.05) is 6.61 Å². The number of aliphatic hydroxyl groups is 3. The lowest BCUT2D eigenvalue weighted by Gasteiger charge is -2.22. The van der Waals surface area contributed by atoms with Gasteiger partial charge in [0.2, 0.25) is 0 Å². The van der Waals surface area contributed by atoms with Crippen LogP contribution < -0.4 is 0 Å². The van der Waals surface area contributed by atoms with Gasteiger partial charge in [0.1, 0.15) is 0 Å². The van der Waals surface area contributed by atoms with Crippen molar-refractivity contribution in [3.05, 3.63) is 69.2 Å². The number of benzene rings is 2. The highest BCUT2D eigenvalue weighted by atomic mass is 35.5. The number of aryl methyl sites for hydroxylation is 2. The van der Waals surface area contributed by atoms with Crippen molar-refractivity contribution in [2.24, 2.45) is 0 Å². The van der Waals surface area contributed by atoms with Crippen molar-refractivity contribution < 1.29 is 15.3 Å². The summed E-state index contributed by atoms with van der Waals surface area (Å²) in [7, 11) is 0. The second-order valence-electron chi connectivity index (χ2n) is 8.65. The molecule has 3 nitrogen and oxygen atoms in total. The largest absolute Gasteiger partial charge is 0.394 e. The molecule has 2 aromatic rings. The highest BCUT2D eigenvalue weighted by Gasteiger charge is 2.18. The summed E-state index contributed by atoms with van der Waals surface area (Å²) in [6.45, 7) is 6.26. The van der Waals surface area contributed by atoms with Crippen molar-refractivity contribution in [2.45, 2.75) is 90.3 Å². The summed E-state index contributed by atoms with van der Waals surface area (Å²) in [5.41, 5.74) is 6.21. The Bertz CT molecular complexity index is 788. The van der Waals surface area contributed by atoms with Crippen molar-refractivity contribution in [1.82, 2.24) is 0 Å². The third-order valence-electron chi connectivity index (χ3n) is 6.21. The molecule has 0 heterocycles. The molecule has 0 aromatic heterocycles. The molecule has 0 saturated heterocycles. The zero-order valence-electron chi connectivity index (χ0n) is 19.3. The zero-order chi connectivity index (χ0) is 22.8. The zero-order valence-corrected chi connectivity index (χ0v) is 20.0. The van der Waals surface area contributed by atoms with Crippen LogP contribution in [0.15, 0.2) is 36.4 Å². The number of rotatable bonds is 13. The number of hydrogen-bond acceptors (Lipinski definition) is 3. The highest BCUT2D eigenvalue weighted by Crippen LogP contribution is 2.34. The maximum absolute atomic E-state index is 10.3. The molecule has 3 N–H and O–H groups in total. The van der Waals surface area contributed by atoms with E-state index in [2.05, 4.69) is 57.2 Å². The Kier molecular flexibility index (Phi) is 11.0. The highest BCUT2D eigenvalue weighted by molar-refractivity contribution is 6.31. The van der Waals surface area contributed by atoms with Crippen LogP contribution in [0.1, 0.15) is 86.6 Å². The Hall–Kier alpha value is -1.39. The lowest BCUT2D eigenvalue weighted by Crippen LogP contribution is -2.21. The first-order valence-electron chi connectivity index (χ1n) is 11.8. The quantitative estimate of drug-likeness (QED) is 0.363. The summed E-state index contributed by atoms with van der Waals surface area (Å²) in [5, 5.41) is 29.8. The Morgan fingerprint density at radius 3 is 2.13 bits per heavy atom. The molecule has 0 aliphatic carbocycles. The Morgan fingerprint density at radius 1 is 0.871 bits per heavy atom. The second-order valence-corrected chi connectivity index (χ2v) is 9.05. The van der Waals surface area contributed by atoms with E-state index in [4.69, 9.17) is 16.7 Å². The fourth-order valence-corrected chi connectivity index (χ4v) is 4.52. The summed E-state index contributed by atoms with van der Waals surface area (Å²) >= 11 is 6.75. The number of hydrogen-bond donors (Lipinski definition) is 3. The van der Waals surface area contributed by atoms with Crippen LogP contribution in [-0.4, -0.2) is 34.1 Å². The van der Waals surface area contributed by atoms with Crippen LogP contribution in [0.5, 0.6) is 0 Å². The first-order chi connectivity index (χ1) is 14.9. The van der Waals surface area contributed by atoms with Crippen LogP contribution in [0.4, 0.5) is 0 Å². The van der Waals surface area contributed by atoms with Crippen LogP contribution in [0.2, 0.25) is 5.02 Å².